The number of hydrogen-bond acceptors (Lipinski definition) is 2. The number of carbonyl (C=O) groups is 1. The maximum Gasteiger partial charge on any atom is 0.312 e. The fourth-order valence-electron chi connectivity index (χ4n) is 1.53. The third kappa shape index (κ3) is 3.23. The van der Waals surface area contributed by atoms with Gasteiger partial charge in [-0.05, 0) is 31.9 Å². The van der Waals surface area contributed by atoms with E-state index in [1.54, 1.807) is 0 Å². The van der Waals surface area contributed by atoms with E-state index in [4.69, 9.17) is 4.74 Å². The Kier molecular flexibility index (Phi) is 4.29. The number of hydrogen-bond donors (Lipinski definition) is 0. The van der Waals surface area contributed by atoms with Gasteiger partial charge in [0.15, 0.2) is 0 Å². The highest BCUT2D eigenvalue weighted by Crippen LogP contribution is 2.18. The molecule has 16 heavy (non-hydrogen) atoms. The summed E-state index contributed by atoms with van der Waals surface area (Å²) in [6.07, 6.45) is 2.10. The van der Waals surface area contributed by atoms with E-state index >= 15 is 0 Å². The lowest BCUT2D eigenvalue weighted by atomic mass is 9.99. The van der Waals surface area contributed by atoms with E-state index in [2.05, 4.69) is 19.9 Å². The molecule has 0 aliphatic carbocycles. The van der Waals surface area contributed by atoms with E-state index in [1.165, 1.54) is 12.7 Å². The van der Waals surface area contributed by atoms with Gasteiger partial charge in [0, 0.05) is 0 Å². The van der Waals surface area contributed by atoms with Crippen molar-refractivity contribution in [2.24, 2.45) is 0 Å². The van der Waals surface area contributed by atoms with Gasteiger partial charge in [-0.15, -0.1) is 0 Å². The highest BCUT2D eigenvalue weighted by atomic mass is 16.5. The van der Waals surface area contributed by atoms with Gasteiger partial charge in [0.1, 0.15) is 0 Å². The Morgan fingerprint density at radius 2 is 1.81 bits per heavy atom. The van der Waals surface area contributed by atoms with Crippen molar-refractivity contribution in [3.63, 3.8) is 0 Å². The second-order valence-electron chi connectivity index (χ2n) is 4.13. The SMILES string of the molecule is COC(=O)C(C)c1ccc(C=C(C)C)cc1. The van der Waals surface area contributed by atoms with Crippen LogP contribution in [-0.2, 0) is 9.53 Å². The van der Waals surface area contributed by atoms with Crippen molar-refractivity contribution < 1.29 is 9.53 Å². The lowest BCUT2D eigenvalue weighted by Crippen LogP contribution is -2.10. The Morgan fingerprint density at radius 1 is 1.25 bits per heavy atom. The summed E-state index contributed by atoms with van der Waals surface area (Å²) in [5.41, 5.74) is 3.40. The molecule has 0 N–H and O–H groups in total. The first kappa shape index (κ1) is 12.5. The minimum Gasteiger partial charge on any atom is -0.469 e. The van der Waals surface area contributed by atoms with Crippen LogP contribution < -0.4 is 0 Å². The molecule has 1 unspecified atom stereocenters. The van der Waals surface area contributed by atoms with Crippen molar-refractivity contribution in [2.75, 3.05) is 7.11 Å². The van der Waals surface area contributed by atoms with Crippen molar-refractivity contribution >= 4 is 12.0 Å². The molecule has 0 aromatic heterocycles. The van der Waals surface area contributed by atoms with E-state index < -0.39 is 0 Å². The molecule has 86 valence electrons. The molecular weight excluding hydrogens is 200 g/mol. The maximum atomic E-state index is 11.3. The summed E-state index contributed by atoms with van der Waals surface area (Å²) in [5, 5.41) is 0. The van der Waals surface area contributed by atoms with E-state index in [0.717, 1.165) is 11.1 Å². The average Bonchev–Trinajstić information content (AvgIpc) is 2.27. The molecule has 2 heteroatoms. The fourth-order valence-corrected chi connectivity index (χ4v) is 1.53. The van der Waals surface area contributed by atoms with Gasteiger partial charge in [-0.3, -0.25) is 4.79 Å². The summed E-state index contributed by atoms with van der Waals surface area (Å²) in [6.45, 7) is 5.97. The predicted molar refractivity (Wildman–Crippen MR) is 66.2 cm³/mol. The lowest BCUT2D eigenvalue weighted by molar-refractivity contribution is -0.141. The number of carbonyl (C=O) groups excluding carboxylic acids is 1. The highest BCUT2D eigenvalue weighted by Gasteiger charge is 2.14. The molecule has 2 nitrogen and oxygen atoms in total. The molecule has 0 heterocycles. The molecular formula is C14H18O2. The summed E-state index contributed by atoms with van der Waals surface area (Å²) in [4.78, 5) is 11.3. The molecule has 1 aromatic rings. The normalized spacial score (nSPS) is 11.8. The van der Waals surface area contributed by atoms with Crippen molar-refractivity contribution in [1.82, 2.24) is 0 Å². The first-order valence-corrected chi connectivity index (χ1v) is 5.37. The molecule has 1 aromatic carbocycles. The smallest absolute Gasteiger partial charge is 0.312 e. The zero-order chi connectivity index (χ0) is 12.1. The van der Waals surface area contributed by atoms with Gasteiger partial charge in [0.2, 0.25) is 0 Å². The van der Waals surface area contributed by atoms with Crippen molar-refractivity contribution in [1.29, 1.82) is 0 Å². The van der Waals surface area contributed by atoms with Gasteiger partial charge in [0.05, 0.1) is 13.0 Å². The van der Waals surface area contributed by atoms with Crippen molar-refractivity contribution in [3.05, 3.63) is 41.0 Å². The number of rotatable bonds is 3. The van der Waals surface area contributed by atoms with Gasteiger partial charge in [-0.2, -0.15) is 0 Å². The third-order valence-electron chi connectivity index (χ3n) is 2.45. The Balaban J connectivity index is 2.86. The van der Waals surface area contributed by atoms with Crippen LogP contribution in [0.3, 0.4) is 0 Å². The lowest BCUT2D eigenvalue weighted by Gasteiger charge is -2.09. The first-order valence-electron chi connectivity index (χ1n) is 5.37. The van der Waals surface area contributed by atoms with Crippen LogP contribution in [-0.4, -0.2) is 13.1 Å². The summed E-state index contributed by atoms with van der Waals surface area (Å²) < 4.78 is 4.71. The zero-order valence-electron chi connectivity index (χ0n) is 10.3. The largest absolute Gasteiger partial charge is 0.469 e. The van der Waals surface area contributed by atoms with Crippen LogP contribution in [0.2, 0.25) is 0 Å². The molecule has 0 aliphatic rings. The second-order valence-corrected chi connectivity index (χ2v) is 4.13. The Morgan fingerprint density at radius 3 is 2.25 bits per heavy atom. The minimum atomic E-state index is -0.203. The topological polar surface area (TPSA) is 26.3 Å². The number of benzene rings is 1. The molecule has 0 fully saturated rings. The van der Waals surface area contributed by atoms with Gasteiger partial charge in [0.25, 0.3) is 0 Å². The Bertz CT molecular complexity index is 384. The molecule has 0 bridgehead atoms. The summed E-state index contributed by atoms with van der Waals surface area (Å²) in [7, 11) is 1.41. The van der Waals surface area contributed by atoms with Crippen LogP contribution in [0.4, 0.5) is 0 Å². The maximum absolute atomic E-state index is 11.3. The van der Waals surface area contributed by atoms with Gasteiger partial charge in [-0.1, -0.05) is 35.9 Å². The highest BCUT2D eigenvalue weighted by molar-refractivity contribution is 5.77. The zero-order valence-corrected chi connectivity index (χ0v) is 10.3. The summed E-state index contributed by atoms with van der Waals surface area (Å²) >= 11 is 0. The van der Waals surface area contributed by atoms with Gasteiger partial charge in [-0.25, -0.2) is 0 Å². The van der Waals surface area contributed by atoms with Crippen LogP contribution in [0, 0.1) is 0 Å². The summed E-state index contributed by atoms with van der Waals surface area (Å²) in [5.74, 6) is -0.402. The monoisotopic (exact) mass is 218 g/mol. The first-order chi connectivity index (χ1) is 7.54. The van der Waals surface area contributed by atoms with Crippen LogP contribution in [0.5, 0.6) is 0 Å². The molecule has 0 saturated carbocycles. The van der Waals surface area contributed by atoms with Crippen LogP contribution in [0.15, 0.2) is 29.8 Å². The molecule has 1 atom stereocenters. The third-order valence-corrected chi connectivity index (χ3v) is 2.45. The van der Waals surface area contributed by atoms with Gasteiger partial charge >= 0.3 is 5.97 Å². The minimum absolute atomic E-state index is 0.199. The number of esters is 1. The Hall–Kier alpha value is -1.57. The number of methoxy groups -OCH3 is 1. The van der Waals surface area contributed by atoms with Crippen molar-refractivity contribution in [3.8, 4) is 0 Å². The number of ether oxygens (including phenoxy) is 1. The quantitative estimate of drug-likeness (QED) is 0.727. The van der Waals surface area contributed by atoms with E-state index in [9.17, 15) is 4.79 Å². The Labute approximate surface area is 96.9 Å². The van der Waals surface area contributed by atoms with Crippen LogP contribution in [0.1, 0.15) is 37.8 Å². The molecule has 0 spiro atoms. The summed E-state index contributed by atoms with van der Waals surface area (Å²) in [6, 6.07) is 7.97. The molecule has 0 aliphatic heterocycles. The molecule has 0 saturated heterocycles. The molecule has 0 radical (unpaired) electrons. The molecule has 1 rings (SSSR count). The average molecular weight is 218 g/mol. The van der Waals surface area contributed by atoms with Crippen LogP contribution in [0.25, 0.3) is 6.08 Å². The van der Waals surface area contributed by atoms with Crippen molar-refractivity contribution in [2.45, 2.75) is 26.7 Å². The van der Waals surface area contributed by atoms with E-state index in [1.807, 2.05) is 31.2 Å². The van der Waals surface area contributed by atoms with Gasteiger partial charge < -0.3 is 4.74 Å². The van der Waals surface area contributed by atoms with Crippen LogP contribution >= 0.6 is 0 Å². The second kappa shape index (κ2) is 5.50. The standard InChI is InChI=1S/C14H18O2/c1-10(2)9-12-5-7-13(8-6-12)11(3)14(15)16-4/h5-9,11H,1-4H3. The van der Waals surface area contributed by atoms with E-state index in [-0.39, 0.29) is 11.9 Å². The number of allylic oxidation sites excluding steroid dienone is 1. The predicted octanol–water partition coefficient (Wildman–Crippen LogP) is 3.39. The molecule has 0 amide bonds. The fraction of sp³-hybridized carbons (Fsp3) is 0.357. The van der Waals surface area contributed by atoms with E-state index in [0.29, 0.717) is 0 Å².